The lowest BCUT2D eigenvalue weighted by Crippen LogP contribution is -2.35. The minimum absolute atomic E-state index is 0.231. The van der Waals surface area contributed by atoms with Crippen LogP contribution < -0.4 is 0 Å². The van der Waals surface area contributed by atoms with Crippen LogP contribution in [0.4, 0.5) is 4.79 Å². The Morgan fingerprint density at radius 3 is 2.73 bits per heavy atom. The van der Waals surface area contributed by atoms with E-state index in [-0.39, 0.29) is 6.09 Å². The highest BCUT2D eigenvalue weighted by atomic mass is 127. The van der Waals surface area contributed by atoms with Gasteiger partial charge in [0.05, 0.1) is 3.70 Å². The zero-order chi connectivity index (χ0) is 11.5. The summed E-state index contributed by atoms with van der Waals surface area (Å²) in [5.41, 5.74) is -0.416. The number of amides is 1. The van der Waals surface area contributed by atoms with E-state index in [1.807, 2.05) is 20.8 Å². The normalized spacial score (nSPS) is 18.1. The highest BCUT2D eigenvalue weighted by Crippen LogP contribution is 2.22. The van der Waals surface area contributed by atoms with E-state index in [0.717, 1.165) is 29.5 Å². The van der Waals surface area contributed by atoms with Crippen molar-refractivity contribution >= 4 is 28.7 Å². The van der Waals surface area contributed by atoms with E-state index >= 15 is 0 Å². The van der Waals surface area contributed by atoms with Crippen LogP contribution in [-0.4, -0.2) is 23.1 Å². The van der Waals surface area contributed by atoms with Gasteiger partial charge in [0.15, 0.2) is 0 Å². The maximum Gasteiger partial charge on any atom is 0.415 e. The minimum atomic E-state index is -0.416. The zero-order valence-electron chi connectivity index (χ0n) is 9.55. The molecule has 0 fully saturated rings. The third kappa shape index (κ3) is 4.40. The van der Waals surface area contributed by atoms with Gasteiger partial charge in [0.2, 0.25) is 0 Å². The third-order valence-electron chi connectivity index (χ3n) is 2.02. The molecule has 15 heavy (non-hydrogen) atoms. The first kappa shape index (κ1) is 12.8. The molecule has 0 bridgehead atoms. The SMILES string of the molecule is CC(C)(C)OC(=O)N1CCCCC=C1I. The Labute approximate surface area is 105 Å². The molecule has 0 aromatic carbocycles. The first-order chi connectivity index (χ1) is 6.90. The molecule has 0 radical (unpaired) electrons. The van der Waals surface area contributed by atoms with Crippen LogP contribution in [0.15, 0.2) is 9.78 Å². The molecular weight excluding hydrogens is 305 g/mol. The molecule has 0 unspecified atom stereocenters. The standard InChI is InChI=1S/C11H18INO2/c1-11(2,3)15-10(14)13-8-6-4-5-7-9(13)12/h7H,4-6,8H2,1-3H3. The summed E-state index contributed by atoms with van der Waals surface area (Å²) in [6, 6.07) is 0. The van der Waals surface area contributed by atoms with Gasteiger partial charge in [-0.15, -0.1) is 0 Å². The number of halogens is 1. The number of rotatable bonds is 0. The molecule has 0 saturated carbocycles. The lowest BCUT2D eigenvalue weighted by Gasteiger charge is -2.26. The van der Waals surface area contributed by atoms with Gasteiger partial charge in [-0.1, -0.05) is 6.08 Å². The van der Waals surface area contributed by atoms with Gasteiger partial charge >= 0.3 is 6.09 Å². The number of carbonyl (C=O) groups is 1. The van der Waals surface area contributed by atoms with Crippen LogP contribution in [0.5, 0.6) is 0 Å². The Hall–Kier alpha value is -0.260. The van der Waals surface area contributed by atoms with Gasteiger partial charge in [0.1, 0.15) is 5.60 Å². The van der Waals surface area contributed by atoms with Crippen molar-refractivity contribution in [1.29, 1.82) is 0 Å². The van der Waals surface area contributed by atoms with Crippen LogP contribution in [0, 0.1) is 0 Å². The van der Waals surface area contributed by atoms with E-state index in [1.54, 1.807) is 4.90 Å². The fraction of sp³-hybridized carbons (Fsp3) is 0.727. The van der Waals surface area contributed by atoms with Gasteiger partial charge in [-0.2, -0.15) is 0 Å². The Morgan fingerprint density at radius 1 is 1.47 bits per heavy atom. The van der Waals surface area contributed by atoms with E-state index in [2.05, 4.69) is 28.7 Å². The summed E-state index contributed by atoms with van der Waals surface area (Å²) in [4.78, 5) is 13.6. The second-order valence-electron chi connectivity index (χ2n) is 4.65. The van der Waals surface area contributed by atoms with Crippen molar-refractivity contribution in [3.05, 3.63) is 9.78 Å². The second-order valence-corrected chi connectivity index (χ2v) is 5.76. The van der Waals surface area contributed by atoms with E-state index in [4.69, 9.17) is 4.74 Å². The van der Waals surface area contributed by atoms with Gasteiger partial charge in [-0.25, -0.2) is 4.79 Å². The Morgan fingerprint density at radius 2 is 2.13 bits per heavy atom. The summed E-state index contributed by atoms with van der Waals surface area (Å²) >= 11 is 2.20. The largest absolute Gasteiger partial charge is 0.443 e. The minimum Gasteiger partial charge on any atom is -0.443 e. The van der Waals surface area contributed by atoms with E-state index in [1.165, 1.54) is 0 Å². The Bertz CT molecular complexity index is 268. The molecule has 0 atom stereocenters. The van der Waals surface area contributed by atoms with E-state index in [0.29, 0.717) is 0 Å². The van der Waals surface area contributed by atoms with Gasteiger partial charge in [0, 0.05) is 6.54 Å². The topological polar surface area (TPSA) is 29.5 Å². The fourth-order valence-corrected chi connectivity index (χ4v) is 2.10. The van der Waals surface area contributed by atoms with Crippen molar-refractivity contribution in [2.75, 3.05) is 6.54 Å². The Kier molecular flexibility index (Phi) is 4.43. The van der Waals surface area contributed by atoms with Gasteiger partial charge in [-0.3, -0.25) is 4.90 Å². The molecule has 3 nitrogen and oxygen atoms in total. The predicted octanol–water partition coefficient (Wildman–Crippen LogP) is 3.68. The molecule has 86 valence electrons. The Balaban J connectivity index is 2.65. The third-order valence-corrected chi connectivity index (χ3v) is 3.04. The average Bonchev–Trinajstić information content (AvgIpc) is 2.26. The quantitative estimate of drug-likeness (QED) is 0.503. The monoisotopic (exact) mass is 323 g/mol. The summed E-state index contributed by atoms with van der Waals surface area (Å²) < 4.78 is 6.33. The van der Waals surface area contributed by atoms with Crippen LogP contribution in [0.2, 0.25) is 0 Å². The van der Waals surface area contributed by atoms with Crippen molar-refractivity contribution in [2.24, 2.45) is 0 Å². The molecule has 1 amide bonds. The van der Waals surface area contributed by atoms with Crippen LogP contribution in [0.3, 0.4) is 0 Å². The molecule has 1 aliphatic heterocycles. The summed E-state index contributed by atoms with van der Waals surface area (Å²) in [6.45, 7) is 6.43. The number of carbonyl (C=O) groups excluding carboxylic acids is 1. The molecule has 1 aliphatic rings. The number of ether oxygens (including phenoxy) is 1. The molecular formula is C11H18INO2. The highest BCUT2D eigenvalue weighted by Gasteiger charge is 2.24. The summed E-state index contributed by atoms with van der Waals surface area (Å²) in [6.07, 6.45) is 5.10. The maximum atomic E-state index is 11.8. The smallest absolute Gasteiger partial charge is 0.415 e. The molecule has 0 spiro atoms. The number of allylic oxidation sites excluding steroid dienone is 1. The highest BCUT2D eigenvalue weighted by molar-refractivity contribution is 14.1. The average molecular weight is 323 g/mol. The number of hydrogen-bond acceptors (Lipinski definition) is 2. The van der Waals surface area contributed by atoms with Crippen molar-refractivity contribution < 1.29 is 9.53 Å². The van der Waals surface area contributed by atoms with E-state index < -0.39 is 5.60 Å². The summed E-state index contributed by atoms with van der Waals surface area (Å²) in [5, 5.41) is 0. The van der Waals surface area contributed by atoms with Crippen LogP contribution >= 0.6 is 22.6 Å². The molecule has 0 aromatic heterocycles. The van der Waals surface area contributed by atoms with Gasteiger partial charge < -0.3 is 4.74 Å². The lowest BCUT2D eigenvalue weighted by molar-refractivity contribution is 0.0332. The molecule has 0 aliphatic carbocycles. The molecule has 0 N–H and O–H groups in total. The summed E-state index contributed by atoms with van der Waals surface area (Å²) in [7, 11) is 0. The van der Waals surface area contributed by atoms with Crippen LogP contribution in [-0.2, 0) is 4.74 Å². The first-order valence-corrected chi connectivity index (χ1v) is 6.34. The summed E-state index contributed by atoms with van der Waals surface area (Å²) in [5.74, 6) is 0. The predicted molar refractivity (Wildman–Crippen MR) is 68.9 cm³/mol. The molecule has 1 heterocycles. The number of hydrogen-bond donors (Lipinski definition) is 0. The molecule has 4 heteroatoms. The van der Waals surface area contributed by atoms with Gasteiger partial charge in [-0.05, 0) is 62.6 Å². The van der Waals surface area contributed by atoms with Crippen LogP contribution in [0.1, 0.15) is 40.0 Å². The van der Waals surface area contributed by atoms with Crippen LogP contribution in [0.25, 0.3) is 0 Å². The lowest BCUT2D eigenvalue weighted by atomic mass is 10.2. The van der Waals surface area contributed by atoms with Crippen molar-refractivity contribution in [1.82, 2.24) is 4.90 Å². The van der Waals surface area contributed by atoms with Crippen molar-refractivity contribution in [3.63, 3.8) is 0 Å². The second kappa shape index (κ2) is 5.18. The molecule has 0 saturated heterocycles. The van der Waals surface area contributed by atoms with E-state index in [9.17, 15) is 4.79 Å². The first-order valence-electron chi connectivity index (χ1n) is 5.26. The van der Waals surface area contributed by atoms with Gasteiger partial charge in [0.25, 0.3) is 0 Å². The molecule has 0 aromatic rings. The maximum absolute atomic E-state index is 11.8. The fourth-order valence-electron chi connectivity index (χ4n) is 1.35. The molecule has 1 rings (SSSR count). The van der Waals surface area contributed by atoms with Crippen molar-refractivity contribution in [2.45, 2.75) is 45.6 Å². The zero-order valence-corrected chi connectivity index (χ0v) is 11.7. The van der Waals surface area contributed by atoms with Crippen molar-refractivity contribution in [3.8, 4) is 0 Å². The number of nitrogens with zero attached hydrogens (tertiary/aromatic N) is 1.